The van der Waals surface area contributed by atoms with Gasteiger partial charge < -0.3 is 10.1 Å². The molecule has 3 nitrogen and oxygen atoms in total. The summed E-state index contributed by atoms with van der Waals surface area (Å²) in [5.41, 5.74) is 1.27. The third-order valence-corrected chi connectivity index (χ3v) is 3.70. The van der Waals surface area contributed by atoms with Crippen LogP contribution in [0.5, 0.6) is 5.75 Å². The van der Waals surface area contributed by atoms with Gasteiger partial charge >= 0.3 is 0 Å². The molecule has 102 valence electrons. The molecule has 0 atom stereocenters. The molecule has 0 amide bonds. The molecule has 0 unspecified atom stereocenters. The molecule has 0 aliphatic rings. The molecule has 0 saturated heterocycles. The molecule has 20 heavy (non-hydrogen) atoms. The maximum Gasteiger partial charge on any atom is 0.188 e. The minimum absolute atomic E-state index is 0.454. The Morgan fingerprint density at radius 2 is 1.95 bits per heavy atom. The minimum atomic E-state index is -0.891. The van der Waals surface area contributed by atoms with E-state index in [0.717, 1.165) is 28.1 Å². The first-order chi connectivity index (χ1) is 9.65. The summed E-state index contributed by atoms with van der Waals surface area (Å²) in [5, 5.41) is 3.57. The zero-order chi connectivity index (χ0) is 14.1. The summed E-state index contributed by atoms with van der Waals surface area (Å²) in [5.74, 6) is -1.01. The molecule has 6 heteroatoms. The predicted molar refractivity (Wildman–Crippen MR) is 75.8 cm³/mol. The van der Waals surface area contributed by atoms with Crippen LogP contribution in [-0.2, 0) is 0 Å². The Morgan fingerprint density at radius 3 is 2.70 bits per heavy atom. The van der Waals surface area contributed by atoms with Crippen molar-refractivity contribution in [3.63, 3.8) is 0 Å². The van der Waals surface area contributed by atoms with Gasteiger partial charge in [0.1, 0.15) is 5.75 Å². The Bertz CT molecular complexity index is 773. The van der Waals surface area contributed by atoms with E-state index < -0.39 is 11.6 Å². The second-order valence-electron chi connectivity index (χ2n) is 4.11. The number of thiazole rings is 1. The average Bonchev–Trinajstić information content (AvgIpc) is 2.84. The summed E-state index contributed by atoms with van der Waals surface area (Å²) in [6.45, 7) is 0. The number of nitrogens with one attached hydrogen (secondary N) is 1. The fourth-order valence-electron chi connectivity index (χ4n) is 1.78. The van der Waals surface area contributed by atoms with Crippen molar-refractivity contribution >= 4 is 32.4 Å². The van der Waals surface area contributed by atoms with Gasteiger partial charge in [-0.2, -0.15) is 0 Å². The van der Waals surface area contributed by atoms with Crippen molar-refractivity contribution < 1.29 is 13.5 Å². The van der Waals surface area contributed by atoms with Gasteiger partial charge in [0.2, 0.25) is 0 Å². The molecule has 0 aliphatic heterocycles. The van der Waals surface area contributed by atoms with Crippen LogP contribution in [-0.4, -0.2) is 12.1 Å². The van der Waals surface area contributed by atoms with Crippen LogP contribution in [0.25, 0.3) is 10.2 Å². The van der Waals surface area contributed by atoms with E-state index in [2.05, 4.69) is 10.3 Å². The SMILES string of the molecule is COc1ccc2nc(Nc3ccc(F)c(F)c3)sc2c1. The first kappa shape index (κ1) is 12.8. The molecule has 0 saturated carbocycles. The highest BCUT2D eigenvalue weighted by Gasteiger charge is 2.07. The average molecular weight is 292 g/mol. The lowest BCUT2D eigenvalue weighted by atomic mass is 10.3. The number of hydrogen-bond donors (Lipinski definition) is 1. The summed E-state index contributed by atoms with van der Waals surface area (Å²) in [7, 11) is 1.60. The molecular weight excluding hydrogens is 282 g/mol. The van der Waals surface area contributed by atoms with Crippen molar-refractivity contribution in [2.45, 2.75) is 0 Å². The van der Waals surface area contributed by atoms with Gasteiger partial charge in [-0.05, 0) is 30.3 Å². The Hall–Kier alpha value is -2.21. The maximum atomic E-state index is 13.1. The largest absolute Gasteiger partial charge is 0.497 e. The standard InChI is InChI=1S/C14H10F2N2OS/c1-19-9-3-5-12-13(7-9)20-14(18-12)17-8-2-4-10(15)11(16)6-8/h2-7H,1H3,(H,17,18). The van der Waals surface area contributed by atoms with Crippen LogP contribution in [0.1, 0.15) is 0 Å². The normalized spacial score (nSPS) is 10.8. The Labute approximate surface area is 117 Å². The van der Waals surface area contributed by atoms with Crippen molar-refractivity contribution in [2.24, 2.45) is 0 Å². The number of halogens is 2. The topological polar surface area (TPSA) is 34.1 Å². The quantitative estimate of drug-likeness (QED) is 0.780. The van der Waals surface area contributed by atoms with Crippen molar-refractivity contribution in [1.82, 2.24) is 4.98 Å². The number of rotatable bonds is 3. The smallest absolute Gasteiger partial charge is 0.188 e. The van der Waals surface area contributed by atoms with E-state index in [9.17, 15) is 8.78 Å². The van der Waals surface area contributed by atoms with Gasteiger partial charge in [-0.1, -0.05) is 11.3 Å². The van der Waals surface area contributed by atoms with Crippen molar-refractivity contribution in [1.29, 1.82) is 0 Å². The van der Waals surface area contributed by atoms with Crippen LogP contribution in [0.3, 0.4) is 0 Å². The summed E-state index contributed by atoms with van der Waals surface area (Å²) < 4.78 is 32.1. The summed E-state index contributed by atoms with van der Waals surface area (Å²) in [6.07, 6.45) is 0. The van der Waals surface area contributed by atoms with Crippen LogP contribution in [0.4, 0.5) is 19.6 Å². The van der Waals surface area contributed by atoms with Crippen molar-refractivity contribution in [3.05, 3.63) is 48.0 Å². The number of nitrogens with zero attached hydrogens (tertiary/aromatic N) is 1. The van der Waals surface area contributed by atoms with Gasteiger partial charge in [-0.25, -0.2) is 13.8 Å². The predicted octanol–water partition coefficient (Wildman–Crippen LogP) is 4.33. The van der Waals surface area contributed by atoms with Gasteiger partial charge in [0.15, 0.2) is 16.8 Å². The van der Waals surface area contributed by atoms with E-state index in [-0.39, 0.29) is 0 Å². The number of hydrogen-bond acceptors (Lipinski definition) is 4. The van der Waals surface area contributed by atoms with Crippen LogP contribution < -0.4 is 10.1 Å². The maximum absolute atomic E-state index is 13.1. The highest BCUT2D eigenvalue weighted by atomic mass is 32.1. The second-order valence-corrected chi connectivity index (χ2v) is 5.14. The van der Waals surface area contributed by atoms with Gasteiger partial charge in [0.25, 0.3) is 0 Å². The molecule has 0 fully saturated rings. The molecule has 3 rings (SSSR count). The Kier molecular flexibility index (Phi) is 3.23. The van der Waals surface area contributed by atoms with Crippen LogP contribution in [0.2, 0.25) is 0 Å². The fourth-order valence-corrected chi connectivity index (χ4v) is 2.70. The molecule has 3 aromatic rings. The molecule has 0 aliphatic carbocycles. The van der Waals surface area contributed by atoms with Gasteiger partial charge in [-0.15, -0.1) is 0 Å². The first-order valence-electron chi connectivity index (χ1n) is 5.82. The fraction of sp³-hybridized carbons (Fsp3) is 0.0714. The molecule has 2 aromatic carbocycles. The number of methoxy groups -OCH3 is 1. The Morgan fingerprint density at radius 1 is 1.10 bits per heavy atom. The van der Waals surface area contributed by atoms with Gasteiger partial charge in [0.05, 0.1) is 17.3 Å². The lowest BCUT2D eigenvalue weighted by molar-refractivity contribution is 0.415. The number of anilines is 2. The zero-order valence-corrected chi connectivity index (χ0v) is 11.3. The molecule has 0 spiro atoms. The number of ether oxygens (including phenoxy) is 1. The molecular formula is C14H10F2N2OS. The lowest BCUT2D eigenvalue weighted by Gasteiger charge is -2.02. The van der Waals surface area contributed by atoms with Crippen LogP contribution >= 0.6 is 11.3 Å². The molecule has 0 radical (unpaired) electrons. The van der Waals surface area contributed by atoms with E-state index in [1.54, 1.807) is 7.11 Å². The molecule has 1 aromatic heterocycles. The monoisotopic (exact) mass is 292 g/mol. The summed E-state index contributed by atoms with van der Waals surface area (Å²) in [4.78, 5) is 4.37. The number of benzene rings is 2. The number of aromatic nitrogens is 1. The van der Waals surface area contributed by atoms with E-state index in [4.69, 9.17) is 4.74 Å². The van der Waals surface area contributed by atoms with Crippen LogP contribution in [0, 0.1) is 11.6 Å². The Balaban J connectivity index is 1.92. The van der Waals surface area contributed by atoms with Crippen LogP contribution in [0.15, 0.2) is 36.4 Å². The third-order valence-electron chi connectivity index (χ3n) is 2.77. The van der Waals surface area contributed by atoms with Gasteiger partial charge in [0, 0.05) is 11.8 Å². The number of fused-ring (bicyclic) bond motifs is 1. The molecule has 1 heterocycles. The lowest BCUT2D eigenvalue weighted by Crippen LogP contribution is -1.91. The van der Waals surface area contributed by atoms with E-state index >= 15 is 0 Å². The van der Waals surface area contributed by atoms with E-state index in [0.29, 0.717) is 10.8 Å². The second kappa shape index (κ2) is 5.05. The highest BCUT2D eigenvalue weighted by Crippen LogP contribution is 2.31. The minimum Gasteiger partial charge on any atom is -0.497 e. The van der Waals surface area contributed by atoms with Gasteiger partial charge in [-0.3, -0.25) is 0 Å². The third kappa shape index (κ3) is 2.42. The van der Waals surface area contributed by atoms with E-state index in [1.165, 1.54) is 17.4 Å². The highest BCUT2D eigenvalue weighted by molar-refractivity contribution is 7.22. The molecule has 0 bridgehead atoms. The zero-order valence-electron chi connectivity index (χ0n) is 10.5. The summed E-state index contributed by atoms with van der Waals surface area (Å²) in [6, 6.07) is 9.19. The van der Waals surface area contributed by atoms with E-state index in [1.807, 2.05) is 18.2 Å². The summed E-state index contributed by atoms with van der Waals surface area (Å²) >= 11 is 1.41. The molecule has 1 N–H and O–H groups in total. The first-order valence-corrected chi connectivity index (χ1v) is 6.64. The van der Waals surface area contributed by atoms with Crippen molar-refractivity contribution in [2.75, 3.05) is 12.4 Å². The van der Waals surface area contributed by atoms with Crippen molar-refractivity contribution in [3.8, 4) is 5.75 Å².